The van der Waals surface area contributed by atoms with Gasteiger partial charge in [0.25, 0.3) is 0 Å². The molecule has 1 atom stereocenters. The molecular formula is C22H26N2. The van der Waals surface area contributed by atoms with Gasteiger partial charge < -0.3 is 5.73 Å². The monoisotopic (exact) mass is 318 g/mol. The average molecular weight is 318 g/mol. The summed E-state index contributed by atoms with van der Waals surface area (Å²) in [5, 5.41) is 9.52. The molecule has 0 saturated carbocycles. The molecule has 0 amide bonds. The van der Waals surface area contributed by atoms with Crippen molar-refractivity contribution < 1.29 is 0 Å². The Bertz CT molecular complexity index is 669. The summed E-state index contributed by atoms with van der Waals surface area (Å²) >= 11 is 0. The maximum atomic E-state index is 9.52. The average Bonchev–Trinajstić information content (AvgIpc) is 2.58. The van der Waals surface area contributed by atoms with Crippen LogP contribution in [0.15, 0.2) is 72.4 Å². The highest BCUT2D eigenvalue weighted by Gasteiger charge is 2.12. The third-order valence-corrected chi connectivity index (χ3v) is 4.29. The Morgan fingerprint density at radius 2 is 1.92 bits per heavy atom. The van der Waals surface area contributed by atoms with Crippen LogP contribution in [0.2, 0.25) is 0 Å². The van der Waals surface area contributed by atoms with Gasteiger partial charge in [-0.15, -0.1) is 0 Å². The standard InChI is InChI=1S/C22H26N2/c1-18(16-23)15-20-11-9-19(10-12-20)13-14-22(17-24)21-7-5-3-2-4-6-8-21/h2-3,5,7-12,22H,1,4,6,13-16,23H2/b3-2+,7-5?,21-8?. The second kappa shape index (κ2) is 9.70. The van der Waals surface area contributed by atoms with Crippen LogP contribution in [-0.4, -0.2) is 6.54 Å². The Labute approximate surface area is 145 Å². The van der Waals surface area contributed by atoms with Crippen LogP contribution >= 0.6 is 0 Å². The number of allylic oxidation sites excluding steroid dienone is 6. The Kier molecular flexibility index (Phi) is 7.26. The SMILES string of the molecule is C=C(CN)Cc1ccc(CCC(C#N)C2=CCC/C=C/C=C2)cc1. The highest BCUT2D eigenvalue weighted by Crippen LogP contribution is 2.21. The highest BCUT2D eigenvalue weighted by molar-refractivity contribution is 5.31. The molecule has 0 bridgehead atoms. The Morgan fingerprint density at radius 1 is 1.17 bits per heavy atom. The molecular weight excluding hydrogens is 292 g/mol. The van der Waals surface area contributed by atoms with Gasteiger partial charge in [-0.2, -0.15) is 5.26 Å². The first-order chi connectivity index (χ1) is 11.7. The van der Waals surface area contributed by atoms with Crippen molar-refractivity contribution in [3.05, 3.63) is 83.5 Å². The zero-order valence-electron chi connectivity index (χ0n) is 14.2. The molecule has 2 heteroatoms. The van der Waals surface area contributed by atoms with E-state index in [1.54, 1.807) is 0 Å². The fraction of sp³-hybridized carbons (Fsp3) is 0.318. The van der Waals surface area contributed by atoms with E-state index in [0.717, 1.165) is 43.3 Å². The molecule has 0 fully saturated rings. The molecule has 0 heterocycles. The summed E-state index contributed by atoms with van der Waals surface area (Å²) in [5.41, 5.74) is 10.3. The number of nitriles is 1. The molecule has 0 spiro atoms. The van der Waals surface area contributed by atoms with E-state index in [2.05, 4.69) is 61.2 Å². The maximum absolute atomic E-state index is 9.52. The van der Waals surface area contributed by atoms with Crippen LogP contribution in [0.4, 0.5) is 0 Å². The lowest BCUT2D eigenvalue weighted by atomic mass is 9.91. The van der Waals surface area contributed by atoms with E-state index in [1.807, 2.05) is 6.08 Å². The molecule has 0 aliphatic heterocycles. The van der Waals surface area contributed by atoms with Crippen molar-refractivity contribution in [2.75, 3.05) is 6.54 Å². The number of nitrogens with two attached hydrogens (primary N) is 1. The molecule has 0 aromatic heterocycles. The van der Waals surface area contributed by atoms with Gasteiger partial charge in [0.2, 0.25) is 0 Å². The van der Waals surface area contributed by atoms with Gasteiger partial charge in [0.1, 0.15) is 0 Å². The second-order valence-electron chi connectivity index (χ2n) is 6.24. The van der Waals surface area contributed by atoms with E-state index in [9.17, 15) is 5.26 Å². The molecule has 1 aromatic rings. The van der Waals surface area contributed by atoms with E-state index < -0.39 is 0 Å². The Balaban J connectivity index is 1.94. The lowest BCUT2D eigenvalue weighted by Crippen LogP contribution is -2.05. The number of benzene rings is 1. The Hall–Kier alpha value is -2.37. The molecule has 1 aromatic carbocycles. The van der Waals surface area contributed by atoms with Crippen LogP contribution in [0, 0.1) is 17.2 Å². The van der Waals surface area contributed by atoms with Crippen molar-refractivity contribution >= 4 is 0 Å². The normalized spacial score (nSPS) is 16.4. The lowest BCUT2D eigenvalue weighted by molar-refractivity contribution is 0.693. The zero-order chi connectivity index (χ0) is 17.2. The van der Waals surface area contributed by atoms with Crippen LogP contribution < -0.4 is 5.73 Å². The molecule has 0 saturated heterocycles. The number of nitrogens with zero attached hydrogens (tertiary/aromatic N) is 1. The van der Waals surface area contributed by atoms with Crippen molar-refractivity contribution in [3.8, 4) is 6.07 Å². The first-order valence-corrected chi connectivity index (χ1v) is 8.60. The van der Waals surface area contributed by atoms with Gasteiger partial charge in [0.05, 0.1) is 12.0 Å². The number of hydrogen-bond acceptors (Lipinski definition) is 2. The molecule has 2 N–H and O–H groups in total. The molecule has 24 heavy (non-hydrogen) atoms. The summed E-state index contributed by atoms with van der Waals surface area (Å²) in [5.74, 6) is -0.0376. The molecule has 124 valence electrons. The van der Waals surface area contributed by atoms with Gasteiger partial charge in [0, 0.05) is 6.54 Å². The van der Waals surface area contributed by atoms with E-state index in [0.29, 0.717) is 6.54 Å². The predicted molar refractivity (Wildman–Crippen MR) is 101 cm³/mol. The van der Waals surface area contributed by atoms with E-state index >= 15 is 0 Å². The van der Waals surface area contributed by atoms with Crippen LogP contribution in [-0.2, 0) is 12.8 Å². The summed E-state index contributed by atoms with van der Waals surface area (Å²) in [6.07, 6.45) is 15.2. The predicted octanol–water partition coefficient (Wildman–Crippen LogP) is 4.65. The first kappa shape index (κ1) is 18.0. The fourth-order valence-corrected chi connectivity index (χ4v) is 2.82. The number of aryl methyl sites for hydroxylation is 1. The van der Waals surface area contributed by atoms with Crippen molar-refractivity contribution in [1.82, 2.24) is 0 Å². The van der Waals surface area contributed by atoms with Crippen molar-refractivity contribution in [2.45, 2.75) is 32.1 Å². The fourth-order valence-electron chi connectivity index (χ4n) is 2.82. The molecule has 1 aliphatic carbocycles. The van der Waals surface area contributed by atoms with Crippen molar-refractivity contribution in [2.24, 2.45) is 11.7 Å². The minimum absolute atomic E-state index is 0.0376. The van der Waals surface area contributed by atoms with Crippen LogP contribution in [0.5, 0.6) is 0 Å². The van der Waals surface area contributed by atoms with Gasteiger partial charge in [-0.3, -0.25) is 0 Å². The largest absolute Gasteiger partial charge is 0.327 e. The minimum Gasteiger partial charge on any atom is -0.327 e. The minimum atomic E-state index is -0.0376. The van der Waals surface area contributed by atoms with E-state index in [4.69, 9.17) is 5.73 Å². The van der Waals surface area contributed by atoms with Gasteiger partial charge in [-0.05, 0) is 48.8 Å². The number of rotatable bonds is 7. The quantitative estimate of drug-likeness (QED) is 0.744. The van der Waals surface area contributed by atoms with Gasteiger partial charge >= 0.3 is 0 Å². The highest BCUT2D eigenvalue weighted by atomic mass is 14.5. The van der Waals surface area contributed by atoms with Crippen LogP contribution in [0.25, 0.3) is 0 Å². The number of hydrogen-bond donors (Lipinski definition) is 1. The second-order valence-corrected chi connectivity index (χ2v) is 6.24. The summed E-state index contributed by atoms with van der Waals surface area (Å²) in [4.78, 5) is 0. The smallest absolute Gasteiger partial charge is 0.0712 e. The van der Waals surface area contributed by atoms with Gasteiger partial charge in [0.15, 0.2) is 0 Å². The van der Waals surface area contributed by atoms with Gasteiger partial charge in [-0.25, -0.2) is 0 Å². The molecule has 2 rings (SSSR count). The Morgan fingerprint density at radius 3 is 2.62 bits per heavy atom. The van der Waals surface area contributed by atoms with E-state index in [-0.39, 0.29) is 5.92 Å². The molecule has 1 aliphatic rings. The van der Waals surface area contributed by atoms with Gasteiger partial charge in [-0.1, -0.05) is 66.8 Å². The summed E-state index contributed by atoms with van der Waals surface area (Å²) < 4.78 is 0. The third kappa shape index (κ3) is 5.68. The van der Waals surface area contributed by atoms with E-state index in [1.165, 1.54) is 11.1 Å². The summed E-state index contributed by atoms with van der Waals surface area (Å²) in [6, 6.07) is 11.0. The van der Waals surface area contributed by atoms with Crippen LogP contribution in [0.3, 0.4) is 0 Å². The summed E-state index contributed by atoms with van der Waals surface area (Å²) in [6.45, 7) is 4.48. The topological polar surface area (TPSA) is 49.8 Å². The summed E-state index contributed by atoms with van der Waals surface area (Å²) in [7, 11) is 0. The van der Waals surface area contributed by atoms with Crippen molar-refractivity contribution in [3.63, 3.8) is 0 Å². The first-order valence-electron chi connectivity index (χ1n) is 8.60. The van der Waals surface area contributed by atoms with Crippen LogP contribution in [0.1, 0.15) is 30.4 Å². The maximum Gasteiger partial charge on any atom is 0.0712 e. The lowest BCUT2D eigenvalue weighted by Gasteiger charge is -2.12. The molecule has 2 nitrogen and oxygen atoms in total. The molecule has 0 radical (unpaired) electrons. The van der Waals surface area contributed by atoms with Crippen molar-refractivity contribution in [1.29, 1.82) is 5.26 Å². The molecule has 1 unspecified atom stereocenters. The third-order valence-electron chi connectivity index (χ3n) is 4.29. The zero-order valence-corrected chi connectivity index (χ0v) is 14.2.